The van der Waals surface area contributed by atoms with Gasteiger partial charge in [-0.1, -0.05) is 18.9 Å². The van der Waals surface area contributed by atoms with Gasteiger partial charge in [0.15, 0.2) is 0 Å². The molecule has 0 bridgehead atoms. The first kappa shape index (κ1) is 14.8. The van der Waals surface area contributed by atoms with Crippen LogP contribution in [0.4, 0.5) is 11.4 Å². The minimum atomic E-state index is -0.113. The van der Waals surface area contributed by atoms with Crippen LogP contribution >= 0.6 is 11.3 Å². The van der Waals surface area contributed by atoms with Crippen LogP contribution in [-0.4, -0.2) is 11.8 Å². The number of rotatable bonds is 4. The third-order valence-corrected chi connectivity index (χ3v) is 4.75. The van der Waals surface area contributed by atoms with E-state index < -0.39 is 0 Å². The summed E-state index contributed by atoms with van der Waals surface area (Å²) in [6, 6.07) is 10.9. The highest BCUT2D eigenvalue weighted by molar-refractivity contribution is 7.12. The van der Waals surface area contributed by atoms with Crippen molar-refractivity contribution < 1.29 is 9.59 Å². The van der Waals surface area contributed by atoms with E-state index >= 15 is 0 Å². The van der Waals surface area contributed by atoms with Crippen molar-refractivity contribution in [3.8, 4) is 0 Å². The SMILES string of the molecule is O=C(Nc1ccc(NC(=O)C2CCCC2)cc1)c1cccs1. The highest BCUT2D eigenvalue weighted by atomic mass is 32.1. The van der Waals surface area contributed by atoms with Crippen molar-refractivity contribution in [2.75, 3.05) is 10.6 Å². The summed E-state index contributed by atoms with van der Waals surface area (Å²) in [7, 11) is 0. The molecule has 1 aromatic carbocycles. The smallest absolute Gasteiger partial charge is 0.265 e. The fourth-order valence-corrected chi connectivity index (χ4v) is 3.29. The lowest BCUT2D eigenvalue weighted by Crippen LogP contribution is -2.20. The van der Waals surface area contributed by atoms with Gasteiger partial charge in [-0.05, 0) is 48.6 Å². The second-order valence-electron chi connectivity index (χ2n) is 5.48. The van der Waals surface area contributed by atoms with Crippen molar-refractivity contribution in [1.29, 1.82) is 0 Å². The van der Waals surface area contributed by atoms with Crippen molar-refractivity contribution in [3.05, 3.63) is 46.7 Å². The Labute approximate surface area is 133 Å². The van der Waals surface area contributed by atoms with Gasteiger partial charge in [-0.2, -0.15) is 0 Å². The summed E-state index contributed by atoms with van der Waals surface area (Å²) < 4.78 is 0. The topological polar surface area (TPSA) is 58.2 Å². The number of thiophene rings is 1. The molecule has 2 N–H and O–H groups in total. The summed E-state index contributed by atoms with van der Waals surface area (Å²) in [5.41, 5.74) is 1.49. The first-order valence-corrected chi connectivity index (χ1v) is 8.36. The summed E-state index contributed by atoms with van der Waals surface area (Å²) >= 11 is 1.41. The molecule has 4 nitrogen and oxygen atoms in total. The number of benzene rings is 1. The maximum absolute atomic E-state index is 12.1. The molecular weight excluding hydrogens is 296 g/mol. The number of anilines is 2. The van der Waals surface area contributed by atoms with Gasteiger partial charge in [-0.15, -0.1) is 11.3 Å². The first-order valence-electron chi connectivity index (χ1n) is 7.48. The quantitative estimate of drug-likeness (QED) is 0.891. The Morgan fingerprint density at radius 2 is 1.59 bits per heavy atom. The third kappa shape index (κ3) is 3.54. The van der Waals surface area contributed by atoms with Gasteiger partial charge in [0.2, 0.25) is 5.91 Å². The lowest BCUT2D eigenvalue weighted by atomic mass is 10.1. The fourth-order valence-electron chi connectivity index (χ4n) is 2.67. The summed E-state index contributed by atoms with van der Waals surface area (Å²) in [6.07, 6.45) is 4.26. The molecule has 1 saturated carbocycles. The number of hydrogen-bond acceptors (Lipinski definition) is 3. The maximum atomic E-state index is 12.1. The lowest BCUT2D eigenvalue weighted by molar-refractivity contribution is -0.119. The minimum absolute atomic E-state index is 0.105. The van der Waals surface area contributed by atoms with Gasteiger partial charge >= 0.3 is 0 Å². The molecule has 1 heterocycles. The molecule has 1 aliphatic rings. The van der Waals surface area contributed by atoms with E-state index in [0.29, 0.717) is 4.88 Å². The van der Waals surface area contributed by atoms with Crippen LogP contribution in [0.25, 0.3) is 0 Å². The average Bonchev–Trinajstić information content (AvgIpc) is 3.23. The molecule has 1 aliphatic carbocycles. The molecule has 1 aromatic heterocycles. The van der Waals surface area contributed by atoms with Crippen LogP contribution in [0.2, 0.25) is 0 Å². The first-order chi connectivity index (χ1) is 10.7. The third-order valence-electron chi connectivity index (χ3n) is 3.88. The normalized spacial score (nSPS) is 14.7. The Morgan fingerprint density at radius 3 is 2.18 bits per heavy atom. The average molecular weight is 314 g/mol. The molecule has 0 saturated heterocycles. The van der Waals surface area contributed by atoms with Crippen LogP contribution in [-0.2, 0) is 4.79 Å². The zero-order valence-electron chi connectivity index (χ0n) is 12.2. The standard InChI is InChI=1S/C17H18N2O2S/c20-16(12-4-1-2-5-12)18-13-7-9-14(10-8-13)19-17(21)15-6-3-11-22-15/h3,6-12H,1-2,4-5H2,(H,18,20)(H,19,21). The summed E-state index contributed by atoms with van der Waals surface area (Å²) in [6.45, 7) is 0. The summed E-state index contributed by atoms with van der Waals surface area (Å²) in [5, 5.41) is 7.65. The second kappa shape index (κ2) is 6.75. The van der Waals surface area contributed by atoms with Crippen molar-refractivity contribution in [1.82, 2.24) is 0 Å². The Hall–Kier alpha value is -2.14. The molecule has 0 aliphatic heterocycles. The van der Waals surface area contributed by atoms with Crippen molar-refractivity contribution in [2.24, 2.45) is 5.92 Å². The van der Waals surface area contributed by atoms with E-state index in [9.17, 15) is 9.59 Å². The zero-order chi connectivity index (χ0) is 15.4. The van der Waals surface area contributed by atoms with Gasteiger partial charge in [0.05, 0.1) is 4.88 Å². The number of carbonyl (C=O) groups is 2. The minimum Gasteiger partial charge on any atom is -0.326 e. The van der Waals surface area contributed by atoms with E-state index in [1.165, 1.54) is 11.3 Å². The van der Waals surface area contributed by atoms with Gasteiger partial charge in [-0.25, -0.2) is 0 Å². The molecular formula is C17H18N2O2S. The summed E-state index contributed by atoms with van der Waals surface area (Å²) in [4.78, 5) is 24.7. The molecule has 2 aromatic rings. The Kier molecular flexibility index (Phi) is 4.53. The van der Waals surface area contributed by atoms with E-state index in [1.807, 2.05) is 23.6 Å². The molecule has 0 atom stereocenters. The van der Waals surface area contributed by atoms with Crippen LogP contribution in [0.5, 0.6) is 0 Å². The van der Waals surface area contributed by atoms with E-state index in [0.717, 1.165) is 37.1 Å². The van der Waals surface area contributed by atoms with Crippen molar-refractivity contribution in [2.45, 2.75) is 25.7 Å². The van der Waals surface area contributed by atoms with Crippen LogP contribution in [0.3, 0.4) is 0 Å². The number of nitrogens with one attached hydrogen (secondary N) is 2. The largest absolute Gasteiger partial charge is 0.326 e. The van der Waals surface area contributed by atoms with Crippen LogP contribution in [0.15, 0.2) is 41.8 Å². The molecule has 0 spiro atoms. The molecule has 2 amide bonds. The molecule has 22 heavy (non-hydrogen) atoms. The molecule has 0 unspecified atom stereocenters. The van der Waals surface area contributed by atoms with Gasteiger partial charge in [-0.3, -0.25) is 9.59 Å². The van der Waals surface area contributed by atoms with Crippen molar-refractivity contribution in [3.63, 3.8) is 0 Å². The van der Waals surface area contributed by atoms with Crippen LogP contribution < -0.4 is 10.6 Å². The molecule has 0 radical (unpaired) electrons. The Bertz CT molecular complexity index is 644. The van der Waals surface area contributed by atoms with Gasteiger partial charge < -0.3 is 10.6 Å². The van der Waals surface area contributed by atoms with Gasteiger partial charge in [0.1, 0.15) is 0 Å². The van der Waals surface area contributed by atoms with Crippen LogP contribution in [0.1, 0.15) is 35.4 Å². The summed E-state index contributed by atoms with van der Waals surface area (Å²) in [5.74, 6) is 0.142. The highest BCUT2D eigenvalue weighted by Crippen LogP contribution is 2.26. The second-order valence-corrected chi connectivity index (χ2v) is 6.43. The Morgan fingerprint density at radius 1 is 0.955 bits per heavy atom. The van der Waals surface area contributed by atoms with E-state index in [-0.39, 0.29) is 17.7 Å². The fraction of sp³-hybridized carbons (Fsp3) is 0.294. The number of carbonyl (C=O) groups excluding carboxylic acids is 2. The molecule has 5 heteroatoms. The van der Waals surface area contributed by atoms with Gasteiger partial charge in [0.25, 0.3) is 5.91 Å². The monoisotopic (exact) mass is 314 g/mol. The Balaban J connectivity index is 1.58. The molecule has 114 valence electrons. The van der Waals surface area contributed by atoms with E-state index in [4.69, 9.17) is 0 Å². The molecule has 3 rings (SSSR count). The highest BCUT2D eigenvalue weighted by Gasteiger charge is 2.22. The van der Waals surface area contributed by atoms with E-state index in [1.54, 1.807) is 18.2 Å². The lowest BCUT2D eigenvalue weighted by Gasteiger charge is -2.11. The maximum Gasteiger partial charge on any atom is 0.265 e. The number of amides is 2. The van der Waals surface area contributed by atoms with E-state index in [2.05, 4.69) is 10.6 Å². The van der Waals surface area contributed by atoms with Crippen LogP contribution in [0, 0.1) is 5.92 Å². The predicted molar refractivity (Wildman–Crippen MR) is 89.3 cm³/mol. The van der Waals surface area contributed by atoms with Gasteiger partial charge in [0, 0.05) is 17.3 Å². The number of hydrogen-bond donors (Lipinski definition) is 2. The zero-order valence-corrected chi connectivity index (χ0v) is 13.0. The van der Waals surface area contributed by atoms with Crippen molar-refractivity contribution >= 4 is 34.5 Å². The predicted octanol–water partition coefficient (Wildman–Crippen LogP) is 4.13. The molecule has 1 fully saturated rings.